The Morgan fingerprint density at radius 3 is 2.63 bits per heavy atom. The van der Waals surface area contributed by atoms with Crippen LogP contribution in [0.15, 0.2) is 30.3 Å². The maximum atomic E-state index is 11.6. The third-order valence-electron chi connectivity index (χ3n) is 2.89. The summed E-state index contributed by atoms with van der Waals surface area (Å²) >= 11 is 0. The first-order chi connectivity index (χ1) is 9.26. The molecule has 0 fully saturated rings. The fraction of sp³-hybridized carbons (Fsp3) is 0.533. The van der Waals surface area contributed by atoms with Gasteiger partial charge in [-0.2, -0.15) is 0 Å². The molecule has 1 unspecified atom stereocenters. The molecule has 1 aromatic rings. The Morgan fingerprint density at radius 1 is 1.26 bits per heavy atom. The standard InChI is InChI=1S/C15H24N2O2/c1-3-5-11-16-13(4-2)12-19-15(18)17-14-9-7-6-8-10-14/h6-10,13,16H,3-5,11-12H2,1-2H3,(H,17,18). The van der Waals surface area contributed by atoms with Gasteiger partial charge in [-0.1, -0.05) is 38.5 Å². The highest BCUT2D eigenvalue weighted by Crippen LogP contribution is 2.05. The topological polar surface area (TPSA) is 50.4 Å². The molecule has 1 aromatic carbocycles. The van der Waals surface area contributed by atoms with E-state index in [9.17, 15) is 4.79 Å². The largest absolute Gasteiger partial charge is 0.448 e. The lowest BCUT2D eigenvalue weighted by atomic mass is 10.2. The van der Waals surface area contributed by atoms with E-state index < -0.39 is 6.09 Å². The van der Waals surface area contributed by atoms with Crippen LogP contribution >= 0.6 is 0 Å². The second-order valence-corrected chi connectivity index (χ2v) is 4.50. The molecule has 1 amide bonds. The number of hydrogen-bond donors (Lipinski definition) is 2. The molecule has 0 saturated heterocycles. The van der Waals surface area contributed by atoms with Gasteiger partial charge in [0, 0.05) is 11.7 Å². The molecule has 4 nitrogen and oxygen atoms in total. The molecule has 0 bridgehead atoms. The van der Waals surface area contributed by atoms with Crippen LogP contribution in [0.2, 0.25) is 0 Å². The summed E-state index contributed by atoms with van der Waals surface area (Å²) in [5.41, 5.74) is 0.750. The number of nitrogens with one attached hydrogen (secondary N) is 2. The first kappa shape index (κ1) is 15.5. The third-order valence-corrected chi connectivity index (χ3v) is 2.89. The second-order valence-electron chi connectivity index (χ2n) is 4.50. The number of carbonyl (C=O) groups excluding carboxylic acids is 1. The molecular formula is C15H24N2O2. The van der Waals surface area contributed by atoms with E-state index in [0.717, 1.165) is 25.1 Å². The van der Waals surface area contributed by atoms with Gasteiger partial charge >= 0.3 is 6.09 Å². The number of hydrogen-bond acceptors (Lipinski definition) is 3. The van der Waals surface area contributed by atoms with Crippen molar-refractivity contribution in [2.24, 2.45) is 0 Å². The van der Waals surface area contributed by atoms with Gasteiger partial charge in [0.05, 0.1) is 0 Å². The van der Waals surface area contributed by atoms with Gasteiger partial charge in [-0.15, -0.1) is 0 Å². The maximum Gasteiger partial charge on any atom is 0.411 e. The molecule has 0 aliphatic heterocycles. The number of rotatable bonds is 8. The Kier molecular flexibility index (Phi) is 7.66. The highest BCUT2D eigenvalue weighted by Gasteiger charge is 2.09. The van der Waals surface area contributed by atoms with Gasteiger partial charge in [0.25, 0.3) is 0 Å². The number of carbonyl (C=O) groups is 1. The van der Waals surface area contributed by atoms with Gasteiger partial charge in [-0.05, 0) is 31.5 Å². The second kappa shape index (κ2) is 9.39. The van der Waals surface area contributed by atoms with Crippen molar-refractivity contribution in [3.8, 4) is 0 Å². The van der Waals surface area contributed by atoms with Crippen LogP contribution in [0.5, 0.6) is 0 Å². The monoisotopic (exact) mass is 264 g/mol. The number of ether oxygens (including phenoxy) is 1. The Bertz CT molecular complexity index is 354. The quantitative estimate of drug-likeness (QED) is 0.707. The van der Waals surface area contributed by atoms with Crippen molar-refractivity contribution >= 4 is 11.8 Å². The number of benzene rings is 1. The number of para-hydroxylation sites is 1. The van der Waals surface area contributed by atoms with Crippen LogP contribution in [0.25, 0.3) is 0 Å². The van der Waals surface area contributed by atoms with Gasteiger partial charge in [0.1, 0.15) is 6.61 Å². The van der Waals surface area contributed by atoms with E-state index in [1.54, 1.807) is 0 Å². The van der Waals surface area contributed by atoms with Crippen LogP contribution in [0, 0.1) is 0 Å². The molecule has 2 N–H and O–H groups in total. The van der Waals surface area contributed by atoms with Crippen molar-refractivity contribution < 1.29 is 9.53 Å². The molecule has 1 atom stereocenters. The molecular weight excluding hydrogens is 240 g/mol. The maximum absolute atomic E-state index is 11.6. The highest BCUT2D eigenvalue weighted by atomic mass is 16.5. The molecule has 19 heavy (non-hydrogen) atoms. The van der Waals surface area contributed by atoms with E-state index in [1.807, 2.05) is 30.3 Å². The van der Waals surface area contributed by atoms with E-state index >= 15 is 0 Å². The zero-order valence-electron chi connectivity index (χ0n) is 11.8. The summed E-state index contributed by atoms with van der Waals surface area (Å²) in [7, 11) is 0. The molecule has 106 valence electrons. The van der Waals surface area contributed by atoms with Crippen molar-refractivity contribution in [1.82, 2.24) is 5.32 Å². The number of anilines is 1. The number of amides is 1. The minimum atomic E-state index is -0.401. The van der Waals surface area contributed by atoms with E-state index in [2.05, 4.69) is 24.5 Å². The van der Waals surface area contributed by atoms with E-state index in [0.29, 0.717) is 6.61 Å². The van der Waals surface area contributed by atoms with Gasteiger partial charge in [-0.3, -0.25) is 5.32 Å². The molecule has 0 aliphatic carbocycles. The summed E-state index contributed by atoms with van der Waals surface area (Å²) in [5, 5.41) is 6.08. The molecule has 0 radical (unpaired) electrons. The summed E-state index contributed by atoms with van der Waals surface area (Å²) in [6, 6.07) is 9.54. The summed E-state index contributed by atoms with van der Waals surface area (Å²) in [4.78, 5) is 11.6. The van der Waals surface area contributed by atoms with Gasteiger partial charge < -0.3 is 10.1 Å². The zero-order chi connectivity index (χ0) is 13.9. The van der Waals surface area contributed by atoms with Crippen LogP contribution in [0.4, 0.5) is 10.5 Å². The molecule has 0 spiro atoms. The summed E-state index contributed by atoms with van der Waals surface area (Å²) < 4.78 is 5.22. The minimum Gasteiger partial charge on any atom is -0.448 e. The van der Waals surface area contributed by atoms with Crippen molar-refractivity contribution in [3.05, 3.63) is 30.3 Å². The van der Waals surface area contributed by atoms with Crippen LogP contribution < -0.4 is 10.6 Å². The molecule has 0 saturated carbocycles. The molecule has 4 heteroatoms. The molecule has 1 rings (SSSR count). The van der Waals surface area contributed by atoms with Crippen molar-refractivity contribution in [3.63, 3.8) is 0 Å². The smallest absolute Gasteiger partial charge is 0.411 e. The van der Waals surface area contributed by atoms with Crippen LogP contribution in [-0.4, -0.2) is 25.3 Å². The van der Waals surface area contributed by atoms with Crippen molar-refractivity contribution in [1.29, 1.82) is 0 Å². The zero-order valence-corrected chi connectivity index (χ0v) is 11.8. The summed E-state index contributed by atoms with van der Waals surface area (Å²) in [6.45, 7) is 5.62. The summed E-state index contributed by atoms with van der Waals surface area (Å²) in [5.74, 6) is 0. The van der Waals surface area contributed by atoms with Crippen molar-refractivity contribution in [2.45, 2.75) is 39.2 Å². The molecule has 0 aromatic heterocycles. The highest BCUT2D eigenvalue weighted by molar-refractivity contribution is 5.84. The van der Waals surface area contributed by atoms with Gasteiger partial charge in [-0.25, -0.2) is 4.79 Å². The predicted molar refractivity (Wildman–Crippen MR) is 78.4 cm³/mol. The Balaban J connectivity index is 2.24. The lowest BCUT2D eigenvalue weighted by molar-refractivity contribution is 0.147. The fourth-order valence-electron chi connectivity index (χ4n) is 1.66. The lowest BCUT2D eigenvalue weighted by Gasteiger charge is -2.17. The first-order valence-corrected chi connectivity index (χ1v) is 6.98. The van der Waals surface area contributed by atoms with Crippen molar-refractivity contribution in [2.75, 3.05) is 18.5 Å². The van der Waals surface area contributed by atoms with E-state index in [4.69, 9.17) is 4.74 Å². The van der Waals surface area contributed by atoms with E-state index in [1.165, 1.54) is 6.42 Å². The predicted octanol–water partition coefficient (Wildman–Crippen LogP) is 3.40. The summed E-state index contributed by atoms with van der Waals surface area (Å²) in [6.07, 6.45) is 2.86. The van der Waals surface area contributed by atoms with Gasteiger partial charge in [0.2, 0.25) is 0 Å². The molecule has 0 aliphatic rings. The van der Waals surface area contributed by atoms with Crippen LogP contribution in [0.1, 0.15) is 33.1 Å². The average Bonchev–Trinajstić information content (AvgIpc) is 2.44. The SMILES string of the molecule is CCCCNC(CC)COC(=O)Nc1ccccc1. The Labute approximate surface area is 115 Å². The normalized spacial score (nSPS) is 11.9. The average molecular weight is 264 g/mol. The molecule has 0 heterocycles. The Hall–Kier alpha value is -1.55. The minimum absolute atomic E-state index is 0.230. The Morgan fingerprint density at radius 2 is 2.00 bits per heavy atom. The van der Waals surface area contributed by atoms with Crippen LogP contribution in [-0.2, 0) is 4.74 Å². The van der Waals surface area contributed by atoms with Crippen LogP contribution in [0.3, 0.4) is 0 Å². The van der Waals surface area contributed by atoms with E-state index in [-0.39, 0.29) is 6.04 Å². The first-order valence-electron chi connectivity index (χ1n) is 6.98. The lowest BCUT2D eigenvalue weighted by Crippen LogP contribution is -2.35. The third kappa shape index (κ3) is 6.82. The van der Waals surface area contributed by atoms with Gasteiger partial charge in [0.15, 0.2) is 0 Å². The number of unbranched alkanes of at least 4 members (excludes halogenated alkanes) is 1. The fourth-order valence-corrected chi connectivity index (χ4v) is 1.66.